The van der Waals surface area contributed by atoms with Gasteiger partial charge in [-0.1, -0.05) is 36.4 Å². The molecule has 0 radical (unpaired) electrons. The molecule has 26 heavy (non-hydrogen) atoms. The molecule has 0 fully saturated rings. The third kappa shape index (κ3) is 3.96. The molecule has 2 aromatic rings. The average Bonchev–Trinajstić information content (AvgIpc) is 2.70. The number of ether oxygens (including phenoxy) is 4. The van der Waals surface area contributed by atoms with Crippen LogP contribution in [-0.2, 0) is 14.3 Å². The third-order valence-electron chi connectivity index (χ3n) is 4.11. The van der Waals surface area contributed by atoms with Crippen LogP contribution in [0.3, 0.4) is 0 Å². The fraction of sp³-hybridized carbons (Fsp3) is 0.300. The quantitative estimate of drug-likeness (QED) is 0.534. The number of ketones is 1. The zero-order chi connectivity index (χ0) is 19.1. The Morgan fingerprint density at radius 1 is 0.846 bits per heavy atom. The monoisotopic (exact) mass is 358 g/mol. The van der Waals surface area contributed by atoms with Gasteiger partial charge in [0.25, 0.3) is 0 Å². The van der Waals surface area contributed by atoms with Crippen molar-refractivity contribution in [2.24, 2.45) is 0 Å². The molecule has 138 valence electrons. The summed E-state index contributed by atoms with van der Waals surface area (Å²) in [5, 5.41) is 0. The van der Waals surface area contributed by atoms with Crippen LogP contribution in [-0.4, -0.2) is 40.2 Å². The highest BCUT2D eigenvalue weighted by atomic mass is 16.5. The van der Waals surface area contributed by atoms with E-state index in [1.165, 1.54) is 28.4 Å². The molecule has 0 aliphatic carbocycles. The van der Waals surface area contributed by atoms with Crippen LogP contribution in [0.15, 0.2) is 42.5 Å². The molecule has 0 saturated carbocycles. The molecular formula is C20H22O6. The van der Waals surface area contributed by atoms with Crippen LogP contribution in [0.2, 0.25) is 0 Å². The second-order valence-corrected chi connectivity index (χ2v) is 5.51. The van der Waals surface area contributed by atoms with Crippen molar-refractivity contribution in [3.63, 3.8) is 0 Å². The maximum atomic E-state index is 12.2. The van der Waals surface area contributed by atoms with E-state index in [-0.39, 0.29) is 6.42 Å². The van der Waals surface area contributed by atoms with E-state index >= 15 is 0 Å². The van der Waals surface area contributed by atoms with E-state index < -0.39 is 17.7 Å². The molecular weight excluding hydrogens is 336 g/mol. The zero-order valence-corrected chi connectivity index (χ0v) is 15.3. The second-order valence-electron chi connectivity index (χ2n) is 5.51. The number of rotatable bonds is 8. The zero-order valence-electron chi connectivity index (χ0n) is 15.3. The van der Waals surface area contributed by atoms with Gasteiger partial charge >= 0.3 is 5.97 Å². The average molecular weight is 358 g/mol. The van der Waals surface area contributed by atoms with Crippen molar-refractivity contribution in [3.05, 3.63) is 53.6 Å². The molecule has 0 aliphatic rings. The van der Waals surface area contributed by atoms with Gasteiger partial charge in [-0.3, -0.25) is 4.79 Å². The number of esters is 1. The maximum Gasteiger partial charge on any atom is 0.374 e. The van der Waals surface area contributed by atoms with Crippen LogP contribution in [0.5, 0.6) is 17.2 Å². The van der Waals surface area contributed by atoms with Crippen LogP contribution < -0.4 is 14.2 Å². The van der Waals surface area contributed by atoms with Gasteiger partial charge < -0.3 is 18.9 Å². The van der Waals surface area contributed by atoms with Crippen molar-refractivity contribution < 1.29 is 28.5 Å². The highest BCUT2D eigenvalue weighted by Crippen LogP contribution is 2.45. The summed E-state index contributed by atoms with van der Waals surface area (Å²) in [5.74, 6) is -0.488. The minimum absolute atomic E-state index is 0.0530. The first-order chi connectivity index (χ1) is 12.6. The van der Waals surface area contributed by atoms with Crippen molar-refractivity contribution in [2.75, 3.05) is 28.4 Å². The molecule has 6 nitrogen and oxygen atoms in total. The van der Waals surface area contributed by atoms with Gasteiger partial charge in [-0.25, -0.2) is 4.79 Å². The molecule has 0 N–H and O–H groups in total. The number of hydrogen-bond acceptors (Lipinski definition) is 6. The SMILES string of the molecule is COC(=O)C(=O)C[C@H](c1ccccc1)c1ccc(OC)c(OC)c1OC. The number of benzene rings is 2. The van der Waals surface area contributed by atoms with Gasteiger partial charge in [-0.2, -0.15) is 0 Å². The lowest BCUT2D eigenvalue weighted by atomic mass is 9.86. The number of Topliss-reactive ketones (excluding diaryl/α,β-unsaturated/α-hetero) is 1. The summed E-state index contributed by atoms with van der Waals surface area (Å²) in [7, 11) is 5.76. The van der Waals surface area contributed by atoms with E-state index in [1.807, 2.05) is 36.4 Å². The van der Waals surface area contributed by atoms with Gasteiger partial charge in [-0.05, 0) is 11.6 Å². The largest absolute Gasteiger partial charge is 0.493 e. The van der Waals surface area contributed by atoms with Crippen molar-refractivity contribution in [3.8, 4) is 17.2 Å². The van der Waals surface area contributed by atoms with E-state index in [4.69, 9.17) is 14.2 Å². The van der Waals surface area contributed by atoms with Crippen LogP contribution in [0.1, 0.15) is 23.5 Å². The second kappa shape index (κ2) is 8.89. The Morgan fingerprint density at radius 3 is 2.04 bits per heavy atom. The summed E-state index contributed by atoms with van der Waals surface area (Å²) in [5.41, 5.74) is 1.59. The first-order valence-electron chi connectivity index (χ1n) is 8.02. The van der Waals surface area contributed by atoms with Gasteiger partial charge in [0.05, 0.1) is 28.4 Å². The Morgan fingerprint density at radius 2 is 1.50 bits per heavy atom. The first kappa shape index (κ1) is 19.3. The molecule has 0 heterocycles. The lowest BCUT2D eigenvalue weighted by Crippen LogP contribution is -2.19. The van der Waals surface area contributed by atoms with Crippen LogP contribution in [0.4, 0.5) is 0 Å². The van der Waals surface area contributed by atoms with E-state index in [2.05, 4.69) is 4.74 Å². The van der Waals surface area contributed by atoms with Crippen molar-refractivity contribution in [1.29, 1.82) is 0 Å². The van der Waals surface area contributed by atoms with Gasteiger partial charge in [0.15, 0.2) is 11.5 Å². The molecule has 0 aromatic heterocycles. The Balaban J connectivity index is 2.58. The number of methoxy groups -OCH3 is 4. The molecule has 0 unspecified atom stereocenters. The highest BCUT2D eigenvalue weighted by Gasteiger charge is 2.28. The van der Waals surface area contributed by atoms with Crippen molar-refractivity contribution >= 4 is 11.8 Å². The fourth-order valence-electron chi connectivity index (χ4n) is 2.87. The summed E-state index contributed by atoms with van der Waals surface area (Å²) in [4.78, 5) is 23.9. The maximum absolute atomic E-state index is 12.2. The predicted octanol–water partition coefficient (Wildman–Crippen LogP) is 2.98. The summed E-state index contributed by atoms with van der Waals surface area (Å²) in [6.07, 6.45) is -0.0530. The van der Waals surface area contributed by atoms with Crippen molar-refractivity contribution in [1.82, 2.24) is 0 Å². The molecule has 0 spiro atoms. The molecule has 0 amide bonds. The Labute approximate surface area is 152 Å². The number of carbonyl (C=O) groups is 2. The normalized spacial score (nSPS) is 11.4. The topological polar surface area (TPSA) is 71.1 Å². The Hall–Kier alpha value is -3.02. The van der Waals surface area contributed by atoms with Gasteiger partial charge in [0.1, 0.15) is 0 Å². The molecule has 0 bridgehead atoms. The number of carbonyl (C=O) groups excluding carboxylic acids is 2. The Kier molecular flexibility index (Phi) is 6.60. The van der Waals surface area contributed by atoms with Gasteiger partial charge in [0.2, 0.25) is 11.5 Å². The van der Waals surface area contributed by atoms with E-state index in [9.17, 15) is 9.59 Å². The Bertz CT molecular complexity index is 769. The molecule has 6 heteroatoms. The van der Waals surface area contributed by atoms with Crippen LogP contribution >= 0.6 is 0 Å². The smallest absolute Gasteiger partial charge is 0.374 e. The summed E-state index contributed by atoms with van der Waals surface area (Å²) in [6.45, 7) is 0. The standard InChI is InChI=1S/C20H22O6/c1-23-17-11-10-14(18(24-2)19(17)25-3)15(12-16(21)20(22)26-4)13-8-6-5-7-9-13/h5-11,15H,12H2,1-4H3/t15-/m1/s1. The van der Waals surface area contributed by atoms with Crippen LogP contribution in [0.25, 0.3) is 0 Å². The molecule has 2 aromatic carbocycles. The fourth-order valence-corrected chi connectivity index (χ4v) is 2.87. The van der Waals surface area contributed by atoms with Gasteiger partial charge in [0, 0.05) is 17.9 Å². The summed E-state index contributed by atoms with van der Waals surface area (Å²) in [6, 6.07) is 13.0. The third-order valence-corrected chi connectivity index (χ3v) is 4.11. The lowest BCUT2D eigenvalue weighted by molar-refractivity contribution is -0.151. The summed E-state index contributed by atoms with van der Waals surface area (Å²) < 4.78 is 20.8. The lowest BCUT2D eigenvalue weighted by Gasteiger charge is -2.22. The molecule has 1 atom stereocenters. The number of hydrogen-bond donors (Lipinski definition) is 0. The molecule has 0 saturated heterocycles. The molecule has 2 rings (SSSR count). The summed E-state index contributed by atoms with van der Waals surface area (Å²) >= 11 is 0. The predicted molar refractivity (Wildman–Crippen MR) is 96.0 cm³/mol. The van der Waals surface area contributed by atoms with E-state index in [0.717, 1.165) is 5.56 Å². The highest BCUT2D eigenvalue weighted by molar-refractivity contribution is 6.33. The van der Waals surface area contributed by atoms with Crippen molar-refractivity contribution in [2.45, 2.75) is 12.3 Å². The minimum Gasteiger partial charge on any atom is -0.493 e. The molecule has 0 aliphatic heterocycles. The minimum atomic E-state index is -0.870. The van der Waals surface area contributed by atoms with Crippen LogP contribution in [0, 0.1) is 0 Å². The van der Waals surface area contributed by atoms with E-state index in [0.29, 0.717) is 22.8 Å². The van der Waals surface area contributed by atoms with E-state index in [1.54, 1.807) is 6.07 Å². The van der Waals surface area contributed by atoms with Gasteiger partial charge in [-0.15, -0.1) is 0 Å². The first-order valence-corrected chi connectivity index (χ1v) is 8.02.